The first kappa shape index (κ1) is 11.6. The minimum atomic E-state index is -2.33. The second-order valence-corrected chi connectivity index (χ2v) is 4.48. The van der Waals surface area contributed by atoms with Crippen LogP contribution in [0.5, 0.6) is 0 Å². The molecule has 0 unspecified atom stereocenters. The van der Waals surface area contributed by atoms with Gasteiger partial charge in [0.2, 0.25) is 9.33 Å². The van der Waals surface area contributed by atoms with Crippen molar-refractivity contribution in [1.82, 2.24) is 9.97 Å². The fourth-order valence-electron chi connectivity index (χ4n) is 0.758. The molecule has 0 amide bonds. The van der Waals surface area contributed by atoms with Crippen molar-refractivity contribution >= 4 is 40.8 Å². The van der Waals surface area contributed by atoms with E-state index < -0.39 is 15.3 Å². The molecule has 1 rings (SSSR count). The van der Waals surface area contributed by atoms with Crippen LogP contribution in [0.1, 0.15) is 5.69 Å². The molecule has 8 heteroatoms. The summed E-state index contributed by atoms with van der Waals surface area (Å²) in [6.07, 6.45) is 2.52. The molecule has 0 bridgehead atoms. The van der Waals surface area contributed by atoms with E-state index >= 15 is 0 Å². The van der Waals surface area contributed by atoms with Gasteiger partial charge in [-0.1, -0.05) is 34.8 Å². The number of carbonyl (C=O) groups is 1. The highest BCUT2D eigenvalue weighted by atomic mass is 35.5. The monoisotopic (exact) mass is 257 g/mol. The van der Waals surface area contributed by atoms with E-state index in [9.17, 15) is 4.79 Å². The highest BCUT2D eigenvalue weighted by Crippen LogP contribution is 2.43. The first-order chi connectivity index (χ1) is 6.30. The van der Waals surface area contributed by atoms with Crippen LogP contribution in [0.15, 0.2) is 12.5 Å². The number of aromatic amines is 1. The second-order valence-electron chi connectivity index (χ2n) is 2.56. The van der Waals surface area contributed by atoms with Gasteiger partial charge in [-0.15, -0.1) is 0 Å². The Morgan fingerprint density at radius 2 is 2.14 bits per heavy atom. The van der Waals surface area contributed by atoms with E-state index in [2.05, 4.69) is 9.97 Å². The molecule has 0 fully saturated rings. The smallest absolute Gasteiger partial charge is 0.342 e. The number of halogens is 3. The lowest BCUT2D eigenvalue weighted by Crippen LogP contribution is -2.54. The average Bonchev–Trinajstić information content (AvgIpc) is 2.55. The van der Waals surface area contributed by atoms with E-state index in [4.69, 9.17) is 45.6 Å². The van der Waals surface area contributed by atoms with E-state index in [1.165, 1.54) is 12.5 Å². The molecule has 0 aliphatic heterocycles. The van der Waals surface area contributed by atoms with Crippen LogP contribution in [-0.4, -0.2) is 26.0 Å². The van der Waals surface area contributed by atoms with Crippen LogP contribution >= 0.6 is 34.8 Å². The number of H-pyrrole nitrogens is 1. The Morgan fingerprint density at radius 3 is 2.50 bits per heavy atom. The number of rotatable bonds is 3. The van der Waals surface area contributed by atoms with Crippen LogP contribution in [0.2, 0.25) is 0 Å². The quantitative estimate of drug-likeness (QED) is 0.557. The largest absolute Gasteiger partial charge is 0.479 e. The molecule has 14 heavy (non-hydrogen) atoms. The number of nitrogens with zero attached hydrogens (tertiary/aromatic N) is 1. The fraction of sp³-hybridized carbons (Fsp3) is 0.333. The van der Waals surface area contributed by atoms with Crippen molar-refractivity contribution in [3.8, 4) is 0 Å². The van der Waals surface area contributed by atoms with Gasteiger partial charge in [0.15, 0.2) is 0 Å². The molecular formula is C6H6Cl3N3O2. The van der Waals surface area contributed by atoms with Crippen molar-refractivity contribution in [2.24, 2.45) is 5.73 Å². The fourth-order valence-corrected chi connectivity index (χ4v) is 1.23. The van der Waals surface area contributed by atoms with Gasteiger partial charge in [0, 0.05) is 0 Å². The number of alkyl halides is 3. The maximum absolute atomic E-state index is 10.7. The summed E-state index contributed by atoms with van der Waals surface area (Å²) in [7, 11) is 0. The summed E-state index contributed by atoms with van der Waals surface area (Å²) in [5.41, 5.74) is 5.39. The van der Waals surface area contributed by atoms with Crippen molar-refractivity contribution in [3.05, 3.63) is 18.2 Å². The predicted octanol–water partition coefficient (Wildman–Crippen LogP) is 1.02. The zero-order chi connectivity index (χ0) is 11.0. The van der Waals surface area contributed by atoms with Gasteiger partial charge in [-0.3, -0.25) is 0 Å². The van der Waals surface area contributed by atoms with Gasteiger partial charge in [-0.2, -0.15) is 0 Å². The summed E-state index contributed by atoms with van der Waals surface area (Å²) >= 11 is 17.0. The van der Waals surface area contributed by atoms with Gasteiger partial charge < -0.3 is 15.8 Å². The normalized spacial score (nSPS) is 16.3. The van der Waals surface area contributed by atoms with Gasteiger partial charge in [0.25, 0.3) is 0 Å². The molecule has 1 aromatic rings. The molecule has 0 spiro atoms. The number of aliphatic carboxylic acids is 1. The number of carboxylic acid groups (broad SMARTS) is 1. The third-order valence-electron chi connectivity index (χ3n) is 1.60. The highest BCUT2D eigenvalue weighted by molar-refractivity contribution is 6.55. The molecule has 0 aliphatic rings. The van der Waals surface area contributed by atoms with E-state index in [1.54, 1.807) is 0 Å². The van der Waals surface area contributed by atoms with Crippen LogP contribution < -0.4 is 5.73 Å². The molecule has 0 saturated carbocycles. The third kappa shape index (κ3) is 1.68. The summed E-state index contributed by atoms with van der Waals surface area (Å²) in [6.45, 7) is 0. The Labute approximate surface area is 94.2 Å². The van der Waals surface area contributed by atoms with Crippen LogP contribution in [-0.2, 0) is 9.13 Å². The number of aromatic nitrogens is 2. The summed E-state index contributed by atoms with van der Waals surface area (Å²) in [4.78, 5) is 14.5. The zero-order valence-electron chi connectivity index (χ0n) is 6.67. The molecule has 78 valence electrons. The third-order valence-corrected chi connectivity index (χ3v) is 3.25. The highest BCUT2D eigenvalue weighted by Gasteiger charge is 2.54. The minimum absolute atomic E-state index is 0.112. The van der Waals surface area contributed by atoms with Crippen molar-refractivity contribution in [1.29, 1.82) is 0 Å². The molecule has 0 aromatic carbocycles. The second kappa shape index (κ2) is 3.58. The molecule has 0 aliphatic carbocycles. The molecule has 4 N–H and O–H groups in total. The maximum Gasteiger partial charge on any atom is 0.342 e. The number of nitrogens with one attached hydrogen (secondary N) is 1. The van der Waals surface area contributed by atoms with Crippen LogP contribution in [0.25, 0.3) is 0 Å². The van der Waals surface area contributed by atoms with Crippen LogP contribution in [0.3, 0.4) is 0 Å². The molecule has 0 radical (unpaired) electrons. The molecular weight excluding hydrogens is 252 g/mol. The molecule has 1 heterocycles. The summed E-state index contributed by atoms with van der Waals surface area (Å²) < 4.78 is -1.99. The van der Waals surface area contributed by atoms with Crippen molar-refractivity contribution in [3.63, 3.8) is 0 Å². The van der Waals surface area contributed by atoms with E-state index in [0.29, 0.717) is 0 Å². The lowest BCUT2D eigenvalue weighted by atomic mass is 10.1. The Bertz CT molecular complexity index is 336. The summed E-state index contributed by atoms with van der Waals surface area (Å²) in [5.74, 6) is -1.53. The summed E-state index contributed by atoms with van der Waals surface area (Å²) in [6, 6.07) is 0. The lowest BCUT2D eigenvalue weighted by Gasteiger charge is -2.29. The van der Waals surface area contributed by atoms with Gasteiger partial charge in [-0.05, 0) is 0 Å². The number of hydrogen-bond acceptors (Lipinski definition) is 3. The van der Waals surface area contributed by atoms with E-state index in [1.807, 2.05) is 0 Å². The van der Waals surface area contributed by atoms with Crippen molar-refractivity contribution in [2.75, 3.05) is 0 Å². The van der Waals surface area contributed by atoms with Gasteiger partial charge in [-0.25, -0.2) is 9.78 Å². The van der Waals surface area contributed by atoms with E-state index in [0.717, 1.165) is 0 Å². The topological polar surface area (TPSA) is 92.0 Å². The molecule has 0 saturated heterocycles. The first-order valence-electron chi connectivity index (χ1n) is 3.38. The number of hydrogen-bond donors (Lipinski definition) is 3. The Morgan fingerprint density at radius 1 is 1.57 bits per heavy atom. The first-order valence-corrected chi connectivity index (χ1v) is 4.51. The minimum Gasteiger partial charge on any atom is -0.479 e. The number of carboxylic acids is 1. The lowest BCUT2D eigenvalue weighted by molar-refractivity contribution is -0.140. The standard InChI is InChI=1S/C6H6Cl3N3O2/c7-5(8,3-1-11-2-12-3)6(9,10)4(13)14/h1-2H,10H2,(H,11,12)(H,13,14)/t6-/m1/s1. The molecule has 1 aromatic heterocycles. The SMILES string of the molecule is N[C@](Cl)(C(=O)O)C(Cl)(Cl)c1cnc[nH]1. The van der Waals surface area contributed by atoms with Crippen LogP contribution in [0.4, 0.5) is 0 Å². The average molecular weight is 258 g/mol. The van der Waals surface area contributed by atoms with Crippen molar-refractivity contribution < 1.29 is 9.90 Å². The Kier molecular flexibility index (Phi) is 2.96. The van der Waals surface area contributed by atoms with Gasteiger partial charge >= 0.3 is 5.97 Å². The van der Waals surface area contributed by atoms with Crippen molar-refractivity contribution in [2.45, 2.75) is 9.33 Å². The molecule has 1 atom stereocenters. The van der Waals surface area contributed by atoms with E-state index in [-0.39, 0.29) is 5.69 Å². The van der Waals surface area contributed by atoms with Gasteiger partial charge in [0.1, 0.15) is 0 Å². The van der Waals surface area contributed by atoms with Gasteiger partial charge in [0.05, 0.1) is 18.2 Å². The zero-order valence-corrected chi connectivity index (χ0v) is 8.94. The predicted molar refractivity (Wildman–Crippen MR) is 52.4 cm³/mol. The number of nitrogens with two attached hydrogens (primary N) is 1. The summed E-state index contributed by atoms with van der Waals surface area (Å²) in [5, 5.41) is 8.72. The number of imidazole rings is 1. The Balaban J connectivity index is 3.13. The van der Waals surface area contributed by atoms with Crippen LogP contribution in [0, 0.1) is 0 Å². The Hall–Kier alpha value is -0.490. The molecule has 5 nitrogen and oxygen atoms in total. The maximum atomic E-state index is 10.7.